The first-order valence-corrected chi connectivity index (χ1v) is 7.10. The van der Waals surface area contributed by atoms with Crippen molar-refractivity contribution in [1.29, 1.82) is 0 Å². The Bertz CT molecular complexity index is 201. The fraction of sp³-hybridized carbons (Fsp3) is 1.00. The second-order valence-electron chi connectivity index (χ2n) is 6.08. The van der Waals surface area contributed by atoms with Crippen molar-refractivity contribution in [1.82, 2.24) is 10.2 Å². The molecule has 3 heteroatoms. The Balaban J connectivity index is 2.19. The van der Waals surface area contributed by atoms with Gasteiger partial charge in [-0.3, -0.25) is 4.90 Å². The fourth-order valence-corrected chi connectivity index (χ4v) is 2.27. The molecule has 1 fully saturated rings. The standard InChI is InChI=1S/C14H30N2O/c1-5-10-17-11-9-16-8-6-7-13(16)12-15-14(2,3)4/h13,15H,5-12H2,1-4H3. The lowest BCUT2D eigenvalue weighted by Gasteiger charge is -2.28. The molecule has 1 N–H and O–H groups in total. The topological polar surface area (TPSA) is 24.5 Å². The third kappa shape index (κ3) is 6.39. The molecule has 1 atom stereocenters. The zero-order valence-electron chi connectivity index (χ0n) is 12.1. The molecule has 1 aliphatic rings. The number of ether oxygens (including phenoxy) is 1. The summed E-state index contributed by atoms with van der Waals surface area (Å²) in [5, 5.41) is 3.61. The van der Waals surface area contributed by atoms with E-state index in [-0.39, 0.29) is 5.54 Å². The van der Waals surface area contributed by atoms with Crippen molar-refractivity contribution in [3.63, 3.8) is 0 Å². The van der Waals surface area contributed by atoms with E-state index in [9.17, 15) is 0 Å². The Morgan fingerprint density at radius 3 is 2.71 bits per heavy atom. The Morgan fingerprint density at radius 1 is 1.29 bits per heavy atom. The van der Waals surface area contributed by atoms with Gasteiger partial charge < -0.3 is 10.1 Å². The molecule has 1 unspecified atom stereocenters. The third-order valence-electron chi connectivity index (χ3n) is 3.24. The Hall–Kier alpha value is -0.120. The van der Waals surface area contributed by atoms with E-state index >= 15 is 0 Å². The van der Waals surface area contributed by atoms with Gasteiger partial charge in [0.15, 0.2) is 0 Å². The maximum absolute atomic E-state index is 5.58. The molecule has 3 nitrogen and oxygen atoms in total. The monoisotopic (exact) mass is 242 g/mol. The number of hydrogen-bond donors (Lipinski definition) is 1. The van der Waals surface area contributed by atoms with E-state index in [0.717, 1.165) is 32.7 Å². The van der Waals surface area contributed by atoms with Gasteiger partial charge in [0.2, 0.25) is 0 Å². The van der Waals surface area contributed by atoms with Crippen LogP contribution < -0.4 is 5.32 Å². The van der Waals surface area contributed by atoms with Gasteiger partial charge in [-0.15, -0.1) is 0 Å². The largest absolute Gasteiger partial charge is 0.380 e. The van der Waals surface area contributed by atoms with Crippen LogP contribution in [0.4, 0.5) is 0 Å². The van der Waals surface area contributed by atoms with E-state index in [2.05, 4.69) is 37.9 Å². The molecule has 1 rings (SSSR count). The molecule has 0 spiro atoms. The van der Waals surface area contributed by atoms with E-state index in [1.54, 1.807) is 0 Å². The van der Waals surface area contributed by atoms with Crippen LogP contribution in [-0.2, 0) is 4.74 Å². The predicted molar refractivity (Wildman–Crippen MR) is 73.5 cm³/mol. The lowest BCUT2D eigenvalue weighted by molar-refractivity contribution is 0.0984. The van der Waals surface area contributed by atoms with E-state index in [1.165, 1.54) is 19.4 Å². The van der Waals surface area contributed by atoms with Crippen LogP contribution in [0.25, 0.3) is 0 Å². The summed E-state index contributed by atoms with van der Waals surface area (Å²) in [5.41, 5.74) is 0.229. The van der Waals surface area contributed by atoms with Crippen LogP contribution >= 0.6 is 0 Å². The van der Waals surface area contributed by atoms with Crippen LogP contribution in [0.5, 0.6) is 0 Å². The highest BCUT2D eigenvalue weighted by Crippen LogP contribution is 2.16. The average Bonchev–Trinajstić information content (AvgIpc) is 2.68. The Kier molecular flexibility index (Phi) is 6.45. The zero-order chi connectivity index (χ0) is 12.7. The van der Waals surface area contributed by atoms with Crippen LogP contribution in [0.2, 0.25) is 0 Å². The molecule has 17 heavy (non-hydrogen) atoms. The molecule has 0 aromatic rings. The molecule has 0 radical (unpaired) electrons. The third-order valence-corrected chi connectivity index (χ3v) is 3.24. The van der Waals surface area contributed by atoms with Crippen LogP contribution in [0.1, 0.15) is 47.0 Å². The van der Waals surface area contributed by atoms with Crippen molar-refractivity contribution in [2.45, 2.75) is 58.5 Å². The summed E-state index contributed by atoms with van der Waals surface area (Å²) in [6.07, 6.45) is 3.79. The number of rotatable bonds is 7. The summed E-state index contributed by atoms with van der Waals surface area (Å²) in [7, 11) is 0. The molecule has 0 aromatic heterocycles. The van der Waals surface area contributed by atoms with Gasteiger partial charge in [0.25, 0.3) is 0 Å². The van der Waals surface area contributed by atoms with E-state index in [4.69, 9.17) is 4.74 Å². The molecule has 0 amide bonds. The van der Waals surface area contributed by atoms with Crippen LogP contribution in [-0.4, -0.2) is 49.3 Å². The highest BCUT2D eigenvalue weighted by atomic mass is 16.5. The van der Waals surface area contributed by atoms with E-state index < -0.39 is 0 Å². The molecular weight excluding hydrogens is 212 g/mol. The molecule has 1 aliphatic heterocycles. The first-order valence-electron chi connectivity index (χ1n) is 7.10. The number of nitrogens with one attached hydrogen (secondary N) is 1. The quantitative estimate of drug-likeness (QED) is 0.693. The normalized spacial score (nSPS) is 22.2. The van der Waals surface area contributed by atoms with Gasteiger partial charge in [0.1, 0.15) is 0 Å². The maximum Gasteiger partial charge on any atom is 0.0593 e. The van der Waals surface area contributed by atoms with Gasteiger partial charge in [0.05, 0.1) is 6.61 Å². The second-order valence-corrected chi connectivity index (χ2v) is 6.08. The van der Waals surface area contributed by atoms with E-state index in [1.807, 2.05) is 0 Å². The molecule has 1 heterocycles. The zero-order valence-corrected chi connectivity index (χ0v) is 12.1. The minimum atomic E-state index is 0.229. The molecular formula is C14H30N2O. The van der Waals surface area contributed by atoms with Gasteiger partial charge in [-0.2, -0.15) is 0 Å². The van der Waals surface area contributed by atoms with Gasteiger partial charge in [-0.25, -0.2) is 0 Å². The SMILES string of the molecule is CCCOCCN1CCCC1CNC(C)(C)C. The summed E-state index contributed by atoms with van der Waals surface area (Å²) in [4.78, 5) is 2.58. The lowest BCUT2D eigenvalue weighted by atomic mass is 10.1. The molecule has 102 valence electrons. The van der Waals surface area contributed by atoms with Crippen molar-refractivity contribution in [3.8, 4) is 0 Å². The maximum atomic E-state index is 5.58. The second kappa shape index (κ2) is 7.34. The van der Waals surface area contributed by atoms with Crippen LogP contribution in [0.15, 0.2) is 0 Å². The van der Waals surface area contributed by atoms with Gasteiger partial charge in [0, 0.05) is 31.3 Å². The molecule has 0 bridgehead atoms. The van der Waals surface area contributed by atoms with E-state index in [0.29, 0.717) is 6.04 Å². The van der Waals surface area contributed by atoms with Gasteiger partial charge >= 0.3 is 0 Å². The first-order chi connectivity index (χ1) is 8.03. The molecule has 0 aliphatic carbocycles. The summed E-state index contributed by atoms with van der Waals surface area (Å²) < 4.78 is 5.58. The fourth-order valence-electron chi connectivity index (χ4n) is 2.27. The minimum Gasteiger partial charge on any atom is -0.380 e. The Labute approximate surface area is 107 Å². The average molecular weight is 242 g/mol. The van der Waals surface area contributed by atoms with Gasteiger partial charge in [-0.05, 0) is 46.6 Å². The van der Waals surface area contributed by atoms with Gasteiger partial charge in [-0.1, -0.05) is 6.92 Å². The number of nitrogens with zero attached hydrogens (tertiary/aromatic N) is 1. The summed E-state index contributed by atoms with van der Waals surface area (Å²) in [5.74, 6) is 0. The highest BCUT2D eigenvalue weighted by Gasteiger charge is 2.25. The molecule has 1 saturated heterocycles. The van der Waals surface area contributed by atoms with Crippen molar-refractivity contribution >= 4 is 0 Å². The molecule has 0 aromatic carbocycles. The minimum absolute atomic E-state index is 0.229. The van der Waals surface area contributed by atoms with Crippen LogP contribution in [0.3, 0.4) is 0 Å². The van der Waals surface area contributed by atoms with Crippen molar-refractivity contribution in [2.24, 2.45) is 0 Å². The van der Waals surface area contributed by atoms with Crippen molar-refractivity contribution in [2.75, 3.05) is 32.8 Å². The predicted octanol–water partition coefficient (Wildman–Crippen LogP) is 2.27. The lowest BCUT2D eigenvalue weighted by Crippen LogP contribution is -2.45. The summed E-state index contributed by atoms with van der Waals surface area (Å²) >= 11 is 0. The summed E-state index contributed by atoms with van der Waals surface area (Å²) in [6.45, 7) is 14.1. The Morgan fingerprint density at radius 2 is 2.06 bits per heavy atom. The summed E-state index contributed by atoms with van der Waals surface area (Å²) in [6, 6.07) is 0.708. The number of likely N-dealkylation sites (tertiary alicyclic amines) is 1. The van der Waals surface area contributed by atoms with Crippen molar-refractivity contribution in [3.05, 3.63) is 0 Å². The number of hydrogen-bond acceptors (Lipinski definition) is 3. The van der Waals surface area contributed by atoms with Crippen LogP contribution in [0, 0.1) is 0 Å². The smallest absolute Gasteiger partial charge is 0.0593 e. The molecule has 0 saturated carbocycles. The highest BCUT2D eigenvalue weighted by molar-refractivity contribution is 4.83. The first kappa shape index (κ1) is 14.9. The van der Waals surface area contributed by atoms with Crippen molar-refractivity contribution < 1.29 is 4.74 Å².